The summed E-state index contributed by atoms with van der Waals surface area (Å²) in [5, 5.41) is 0.726. The van der Waals surface area contributed by atoms with Crippen molar-refractivity contribution in [3.63, 3.8) is 0 Å². The van der Waals surface area contributed by atoms with Crippen molar-refractivity contribution >= 4 is 45.4 Å². The van der Waals surface area contributed by atoms with Gasteiger partial charge in [0, 0.05) is 5.39 Å². The number of nitrogens with two attached hydrogens (primary N) is 1. The van der Waals surface area contributed by atoms with Gasteiger partial charge in [0.1, 0.15) is 0 Å². The van der Waals surface area contributed by atoms with Crippen LogP contribution in [0.25, 0.3) is 21.5 Å². The molecule has 0 atom stereocenters. The second-order valence-corrected chi connectivity index (χ2v) is 7.79. The van der Waals surface area contributed by atoms with Gasteiger partial charge in [-0.25, -0.2) is 0 Å². The predicted molar refractivity (Wildman–Crippen MR) is 98.6 cm³/mol. The Kier molecular flexibility index (Phi) is 5.34. The van der Waals surface area contributed by atoms with Crippen LogP contribution in [0.2, 0.25) is 9.36 Å². The molecule has 2 nitrogen and oxygen atoms in total. The van der Waals surface area contributed by atoms with Crippen LogP contribution in [0, 0.1) is 0 Å². The van der Waals surface area contributed by atoms with Gasteiger partial charge in [-0.15, -0.1) is 11.3 Å². The molecule has 3 rings (SSSR count). The number of halogens is 5. The minimum atomic E-state index is -4.47. The van der Waals surface area contributed by atoms with Crippen molar-refractivity contribution in [2.24, 2.45) is 5.73 Å². The first-order valence-corrected chi connectivity index (χ1v) is 9.26. The number of hydrogen-bond donors (Lipinski definition) is 2. The van der Waals surface area contributed by atoms with Gasteiger partial charge in [-0.3, -0.25) is 0 Å². The molecule has 0 fully saturated rings. The van der Waals surface area contributed by atoms with Crippen LogP contribution in [0.1, 0.15) is 24.0 Å². The summed E-state index contributed by atoms with van der Waals surface area (Å²) in [4.78, 5) is 3.74. The van der Waals surface area contributed by atoms with Crippen LogP contribution in [0.15, 0.2) is 24.3 Å². The zero-order chi connectivity index (χ0) is 18.2. The van der Waals surface area contributed by atoms with E-state index >= 15 is 0 Å². The number of rotatable bonds is 5. The van der Waals surface area contributed by atoms with Crippen LogP contribution in [0.4, 0.5) is 13.2 Å². The van der Waals surface area contributed by atoms with Crippen molar-refractivity contribution in [1.29, 1.82) is 0 Å². The van der Waals surface area contributed by atoms with Crippen LogP contribution < -0.4 is 5.73 Å². The zero-order valence-corrected chi connectivity index (χ0v) is 15.3. The quantitative estimate of drug-likeness (QED) is 0.466. The molecule has 0 aliphatic heterocycles. The van der Waals surface area contributed by atoms with Crippen LogP contribution in [-0.2, 0) is 12.6 Å². The van der Waals surface area contributed by atoms with E-state index in [1.807, 2.05) is 0 Å². The first-order valence-electron chi connectivity index (χ1n) is 7.69. The highest BCUT2D eigenvalue weighted by Crippen LogP contribution is 2.43. The summed E-state index contributed by atoms with van der Waals surface area (Å²) in [6.07, 6.45) is -2.33. The number of aromatic amines is 1. The smallest absolute Gasteiger partial charge is 0.353 e. The van der Waals surface area contributed by atoms with Crippen molar-refractivity contribution < 1.29 is 13.2 Å². The third-order valence-corrected chi connectivity index (χ3v) is 5.58. The lowest BCUT2D eigenvalue weighted by Crippen LogP contribution is -2.05. The van der Waals surface area contributed by atoms with Gasteiger partial charge in [-0.2, -0.15) is 13.2 Å². The standard InChI is InChI=1S/C17H15Cl2F3N2S/c18-11-5-4-10(17(20,21)22)16-14(11)9(3-1-2-8-23)15(24-16)12-6-7-13(19)25-12/h4-7,24H,1-3,8,23H2. The van der Waals surface area contributed by atoms with Crippen molar-refractivity contribution in [3.05, 3.63) is 44.8 Å². The summed E-state index contributed by atoms with van der Waals surface area (Å²) in [6, 6.07) is 5.84. The van der Waals surface area contributed by atoms with E-state index in [1.165, 1.54) is 17.4 Å². The highest BCUT2D eigenvalue weighted by Gasteiger charge is 2.34. The number of aromatic nitrogens is 1. The van der Waals surface area contributed by atoms with Crippen molar-refractivity contribution in [2.75, 3.05) is 6.54 Å². The topological polar surface area (TPSA) is 41.8 Å². The molecule has 2 aromatic heterocycles. The molecule has 2 heterocycles. The largest absolute Gasteiger partial charge is 0.418 e. The number of nitrogens with one attached hydrogen (secondary N) is 1. The Morgan fingerprint density at radius 2 is 1.84 bits per heavy atom. The fraction of sp³-hybridized carbons (Fsp3) is 0.294. The highest BCUT2D eigenvalue weighted by molar-refractivity contribution is 7.19. The number of hydrogen-bond acceptors (Lipinski definition) is 2. The Labute approximate surface area is 156 Å². The molecule has 1 aromatic carbocycles. The SMILES string of the molecule is NCCCCc1c(-c2ccc(Cl)s2)[nH]c2c(C(F)(F)F)ccc(Cl)c12. The van der Waals surface area contributed by atoms with E-state index < -0.39 is 11.7 Å². The zero-order valence-electron chi connectivity index (χ0n) is 13.0. The molecule has 0 bridgehead atoms. The van der Waals surface area contributed by atoms with E-state index in [0.717, 1.165) is 29.3 Å². The van der Waals surface area contributed by atoms with E-state index in [4.69, 9.17) is 28.9 Å². The second-order valence-electron chi connectivity index (χ2n) is 5.67. The van der Waals surface area contributed by atoms with Crippen LogP contribution in [0.3, 0.4) is 0 Å². The van der Waals surface area contributed by atoms with E-state index in [-0.39, 0.29) is 5.52 Å². The lowest BCUT2D eigenvalue weighted by atomic mass is 10.0. The number of aryl methyl sites for hydroxylation is 1. The number of thiophene rings is 1. The Hall–Kier alpha value is -1.21. The number of alkyl halides is 3. The maximum Gasteiger partial charge on any atom is 0.418 e. The van der Waals surface area contributed by atoms with Gasteiger partial charge in [0.25, 0.3) is 0 Å². The molecule has 0 saturated carbocycles. The first-order chi connectivity index (χ1) is 11.8. The first kappa shape index (κ1) is 18.6. The Bertz CT molecular complexity index is 899. The van der Waals surface area contributed by atoms with Gasteiger partial charge >= 0.3 is 6.18 Å². The normalized spacial score (nSPS) is 12.2. The van der Waals surface area contributed by atoms with E-state index in [0.29, 0.717) is 33.4 Å². The molecule has 0 saturated heterocycles. The lowest BCUT2D eigenvalue weighted by molar-refractivity contribution is -0.136. The monoisotopic (exact) mass is 406 g/mol. The maximum absolute atomic E-state index is 13.4. The summed E-state index contributed by atoms with van der Waals surface area (Å²) in [5.41, 5.74) is 6.26. The fourth-order valence-corrected chi connectivity index (χ4v) is 4.26. The number of benzene rings is 1. The molecule has 0 amide bonds. The minimum Gasteiger partial charge on any atom is -0.353 e. The van der Waals surface area contributed by atoms with Gasteiger partial charge in [0.15, 0.2) is 0 Å². The van der Waals surface area contributed by atoms with Gasteiger partial charge in [0.2, 0.25) is 0 Å². The van der Waals surface area contributed by atoms with Crippen molar-refractivity contribution in [1.82, 2.24) is 4.98 Å². The molecular formula is C17H15Cl2F3N2S. The molecule has 0 aliphatic carbocycles. The summed E-state index contributed by atoms with van der Waals surface area (Å²) in [7, 11) is 0. The van der Waals surface area contributed by atoms with Gasteiger partial charge in [-0.1, -0.05) is 23.2 Å². The van der Waals surface area contributed by atoms with E-state index in [2.05, 4.69) is 4.98 Å². The molecule has 0 unspecified atom stereocenters. The Balaban J connectivity index is 2.26. The molecule has 0 spiro atoms. The molecule has 134 valence electrons. The van der Waals surface area contributed by atoms with E-state index in [1.54, 1.807) is 12.1 Å². The number of unbranched alkanes of at least 4 members (excludes halogenated alkanes) is 1. The highest BCUT2D eigenvalue weighted by atomic mass is 35.5. The second kappa shape index (κ2) is 7.19. The maximum atomic E-state index is 13.4. The van der Waals surface area contributed by atoms with Gasteiger partial charge in [0.05, 0.1) is 31.0 Å². The number of fused-ring (bicyclic) bond motifs is 1. The summed E-state index contributed by atoms with van der Waals surface area (Å²) >= 11 is 13.6. The summed E-state index contributed by atoms with van der Waals surface area (Å²) in [5.74, 6) is 0. The molecule has 0 radical (unpaired) electrons. The summed E-state index contributed by atoms with van der Waals surface area (Å²) in [6.45, 7) is 0.532. The molecule has 3 aromatic rings. The molecule has 25 heavy (non-hydrogen) atoms. The molecule has 3 N–H and O–H groups in total. The van der Waals surface area contributed by atoms with Crippen LogP contribution in [-0.4, -0.2) is 11.5 Å². The lowest BCUT2D eigenvalue weighted by Gasteiger charge is -2.09. The molecule has 0 aliphatic rings. The van der Waals surface area contributed by atoms with E-state index in [9.17, 15) is 13.2 Å². The van der Waals surface area contributed by atoms with Crippen molar-refractivity contribution in [2.45, 2.75) is 25.4 Å². The van der Waals surface area contributed by atoms with Crippen LogP contribution >= 0.6 is 34.5 Å². The summed E-state index contributed by atoms with van der Waals surface area (Å²) < 4.78 is 40.8. The number of H-pyrrole nitrogens is 1. The van der Waals surface area contributed by atoms with Crippen molar-refractivity contribution in [3.8, 4) is 10.6 Å². The Morgan fingerprint density at radius 1 is 1.08 bits per heavy atom. The fourth-order valence-electron chi connectivity index (χ4n) is 2.92. The van der Waals surface area contributed by atoms with Gasteiger partial charge in [-0.05, 0) is 55.6 Å². The average Bonchev–Trinajstić information content (AvgIpc) is 3.11. The van der Waals surface area contributed by atoms with Crippen LogP contribution in [0.5, 0.6) is 0 Å². The Morgan fingerprint density at radius 3 is 2.44 bits per heavy atom. The third-order valence-electron chi connectivity index (χ3n) is 4.01. The van der Waals surface area contributed by atoms with Gasteiger partial charge < -0.3 is 10.7 Å². The average molecular weight is 407 g/mol. The molecule has 8 heteroatoms. The predicted octanol–water partition coefficient (Wildman–Crippen LogP) is 6.50. The third kappa shape index (κ3) is 3.67. The minimum absolute atomic E-state index is 0.0160. The molecular weight excluding hydrogens is 392 g/mol.